The van der Waals surface area contributed by atoms with E-state index in [4.69, 9.17) is 12.2 Å². The molecule has 2 aromatic carbocycles. The maximum Gasteiger partial charge on any atom is 0.269 e. The maximum absolute atomic E-state index is 12.7. The highest BCUT2D eigenvalue weighted by molar-refractivity contribution is 9.10. The molecule has 3 N–H and O–H groups in total. The van der Waals surface area contributed by atoms with Crippen molar-refractivity contribution in [3.63, 3.8) is 0 Å². The first kappa shape index (κ1) is 21.7. The van der Waals surface area contributed by atoms with E-state index in [2.05, 4.69) is 32.1 Å². The minimum Gasteiger partial charge on any atom is -0.359 e. The van der Waals surface area contributed by atoms with Crippen LogP contribution in [0.15, 0.2) is 62.8 Å². The number of halogens is 1. The van der Waals surface area contributed by atoms with E-state index in [0.717, 1.165) is 17.3 Å². The molecule has 0 aliphatic heterocycles. The Morgan fingerprint density at radius 2 is 1.45 bits per heavy atom. The summed E-state index contributed by atoms with van der Waals surface area (Å²) >= 11 is 8.50. The Hall–Kier alpha value is -1.97. The molecule has 154 valence electrons. The number of hydrogen-bond donors (Lipinski definition) is 3. The van der Waals surface area contributed by atoms with E-state index in [9.17, 15) is 13.2 Å². The summed E-state index contributed by atoms with van der Waals surface area (Å²) < 4.78 is 26.2. The number of thiocarbonyl (C=S) groups is 1. The van der Waals surface area contributed by atoms with Gasteiger partial charge in [0.05, 0.1) is 9.79 Å². The second kappa shape index (κ2) is 9.69. The first-order valence-electron chi connectivity index (χ1n) is 9.34. The van der Waals surface area contributed by atoms with Crippen LogP contribution in [0.4, 0.5) is 0 Å². The summed E-state index contributed by atoms with van der Waals surface area (Å²) in [7, 11) is -3.64. The fraction of sp³-hybridized carbons (Fsp3) is 0.300. The first-order valence-corrected chi connectivity index (χ1v) is 12.0. The predicted molar refractivity (Wildman–Crippen MR) is 119 cm³/mol. The molecule has 0 spiro atoms. The molecule has 1 aliphatic rings. The Bertz CT molecular complexity index is 971. The van der Waals surface area contributed by atoms with Crippen molar-refractivity contribution in [2.75, 3.05) is 0 Å². The van der Waals surface area contributed by atoms with Crippen LogP contribution < -0.4 is 16.2 Å². The van der Waals surface area contributed by atoms with Crippen molar-refractivity contribution in [3.8, 4) is 0 Å². The summed E-state index contributed by atoms with van der Waals surface area (Å²) in [4.78, 5) is 12.6. The van der Waals surface area contributed by atoms with Crippen LogP contribution in [0.3, 0.4) is 0 Å². The standard InChI is InChI=1S/C20H22BrN3O3S2/c21-15-8-12-18(13-9-15)29(26,27)17-10-6-14(7-11-17)19(25)23-24-20(28)22-16-4-2-1-3-5-16/h6-13,16H,1-5H2,(H,23,25)(H2,22,24,28). The highest BCUT2D eigenvalue weighted by Gasteiger charge is 2.18. The summed E-state index contributed by atoms with van der Waals surface area (Å²) in [6, 6.07) is 12.5. The Kier molecular flexibility index (Phi) is 7.26. The third-order valence-electron chi connectivity index (χ3n) is 4.78. The van der Waals surface area contributed by atoms with Crippen molar-refractivity contribution in [1.82, 2.24) is 16.2 Å². The molecule has 0 aromatic heterocycles. The topological polar surface area (TPSA) is 87.3 Å². The molecule has 0 heterocycles. The van der Waals surface area contributed by atoms with E-state index in [1.165, 1.54) is 55.7 Å². The van der Waals surface area contributed by atoms with Crippen LogP contribution in [-0.2, 0) is 9.84 Å². The number of sulfone groups is 1. The molecule has 3 rings (SSSR count). The van der Waals surface area contributed by atoms with Crippen LogP contribution in [-0.4, -0.2) is 25.5 Å². The average Bonchev–Trinajstić information content (AvgIpc) is 2.73. The molecular weight excluding hydrogens is 474 g/mol. The van der Waals surface area contributed by atoms with Crippen LogP contribution in [0.2, 0.25) is 0 Å². The van der Waals surface area contributed by atoms with Gasteiger partial charge in [-0.1, -0.05) is 35.2 Å². The lowest BCUT2D eigenvalue weighted by molar-refractivity contribution is 0.0943. The number of hydrazine groups is 1. The maximum atomic E-state index is 12.7. The number of carbonyl (C=O) groups is 1. The zero-order chi connectivity index (χ0) is 20.9. The van der Waals surface area contributed by atoms with E-state index in [1.807, 2.05) is 0 Å². The largest absolute Gasteiger partial charge is 0.359 e. The van der Waals surface area contributed by atoms with Crippen molar-refractivity contribution in [3.05, 3.63) is 58.6 Å². The van der Waals surface area contributed by atoms with Gasteiger partial charge in [0.25, 0.3) is 5.91 Å². The van der Waals surface area contributed by atoms with Gasteiger partial charge in [-0.2, -0.15) is 0 Å². The minimum atomic E-state index is -3.64. The first-order chi connectivity index (χ1) is 13.9. The molecule has 6 nitrogen and oxygen atoms in total. The van der Waals surface area contributed by atoms with E-state index in [1.54, 1.807) is 12.1 Å². The van der Waals surface area contributed by atoms with Gasteiger partial charge in [-0.15, -0.1) is 0 Å². The summed E-state index contributed by atoms with van der Waals surface area (Å²) in [6.45, 7) is 0. The molecular formula is C20H22BrN3O3S2. The lowest BCUT2D eigenvalue weighted by atomic mass is 9.96. The van der Waals surface area contributed by atoms with Gasteiger partial charge in [0.2, 0.25) is 9.84 Å². The van der Waals surface area contributed by atoms with Gasteiger partial charge in [0.15, 0.2) is 5.11 Å². The molecule has 0 bridgehead atoms. The second-order valence-electron chi connectivity index (χ2n) is 6.87. The van der Waals surface area contributed by atoms with Crippen LogP contribution in [0.1, 0.15) is 42.5 Å². The van der Waals surface area contributed by atoms with Gasteiger partial charge < -0.3 is 5.32 Å². The number of benzene rings is 2. The molecule has 1 saturated carbocycles. The van der Waals surface area contributed by atoms with Gasteiger partial charge in [-0.05, 0) is 73.6 Å². The zero-order valence-electron chi connectivity index (χ0n) is 15.7. The van der Waals surface area contributed by atoms with Gasteiger partial charge >= 0.3 is 0 Å². The van der Waals surface area contributed by atoms with Crippen molar-refractivity contribution in [2.45, 2.75) is 47.9 Å². The summed E-state index contributed by atoms with van der Waals surface area (Å²) in [5.41, 5.74) is 5.57. The monoisotopic (exact) mass is 495 g/mol. The Morgan fingerprint density at radius 1 is 0.897 bits per heavy atom. The van der Waals surface area contributed by atoms with Crippen molar-refractivity contribution in [2.24, 2.45) is 0 Å². The van der Waals surface area contributed by atoms with Crippen LogP contribution >= 0.6 is 28.1 Å². The van der Waals surface area contributed by atoms with E-state index in [0.29, 0.717) is 16.7 Å². The predicted octanol–water partition coefficient (Wildman–Crippen LogP) is 3.72. The quantitative estimate of drug-likeness (QED) is 0.442. The van der Waals surface area contributed by atoms with E-state index < -0.39 is 15.7 Å². The molecule has 1 amide bonds. The van der Waals surface area contributed by atoms with Gasteiger partial charge in [-0.25, -0.2) is 8.42 Å². The molecule has 0 atom stereocenters. The SMILES string of the molecule is O=C(NNC(=S)NC1CCCCC1)c1ccc(S(=O)(=O)c2ccc(Br)cc2)cc1. The molecule has 9 heteroatoms. The summed E-state index contributed by atoms with van der Waals surface area (Å²) in [5.74, 6) is -0.398. The Morgan fingerprint density at radius 3 is 2.03 bits per heavy atom. The number of carbonyl (C=O) groups excluding carboxylic acids is 1. The molecule has 0 radical (unpaired) electrons. The van der Waals surface area contributed by atoms with Gasteiger partial charge in [0.1, 0.15) is 0 Å². The normalized spacial score (nSPS) is 14.8. The lowest BCUT2D eigenvalue weighted by Crippen LogP contribution is -2.50. The molecule has 2 aromatic rings. The highest BCUT2D eigenvalue weighted by Crippen LogP contribution is 2.23. The van der Waals surface area contributed by atoms with E-state index in [-0.39, 0.29) is 9.79 Å². The van der Waals surface area contributed by atoms with Crippen molar-refractivity contribution in [1.29, 1.82) is 0 Å². The second-order valence-corrected chi connectivity index (χ2v) is 10.1. The molecule has 1 fully saturated rings. The molecule has 0 unspecified atom stereocenters. The molecule has 29 heavy (non-hydrogen) atoms. The van der Waals surface area contributed by atoms with Crippen LogP contribution in [0.25, 0.3) is 0 Å². The number of nitrogens with one attached hydrogen (secondary N) is 3. The van der Waals surface area contributed by atoms with Crippen molar-refractivity contribution < 1.29 is 13.2 Å². The smallest absolute Gasteiger partial charge is 0.269 e. The number of rotatable bonds is 4. The van der Waals surface area contributed by atoms with Crippen molar-refractivity contribution >= 4 is 49.0 Å². The fourth-order valence-corrected chi connectivity index (χ4v) is 4.93. The zero-order valence-corrected chi connectivity index (χ0v) is 18.9. The van der Waals surface area contributed by atoms with Crippen LogP contribution in [0.5, 0.6) is 0 Å². The molecule has 1 aliphatic carbocycles. The van der Waals surface area contributed by atoms with Crippen LogP contribution in [0, 0.1) is 0 Å². The average molecular weight is 496 g/mol. The summed E-state index contributed by atoms with van der Waals surface area (Å²) in [5, 5.41) is 3.57. The molecule has 0 saturated heterocycles. The fourth-order valence-electron chi connectivity index (χ4n) is 3.19. The number of hydrogen-bond acceptors (Lipinski definition) is 4. The van der Waals surface area contributed by atoms with E-state index >= 15 is 0 Å². The van der Waals surface area contributed by atoms with Gasteiger partial charge in [0, 0.05) is 16.1 Å². The Labute approximate surface area is 184 Å². The third kappa shape index (κ3) is 5.77. The minimum absolute atomic E-state index is 0.124. The highest BCUT2D eigenvalue weighted by atomic mass is 79.9. The lowest BCUT2D eigenvalue weighted by Gasteiger charge is -2.24. The third-order valence-corrected chi connectivity index (χ3v) is 7.31. The Balaban J connectivity index is 1.58. The summed E-state index contributed by atoms with van der Waals surface area (Å²) in [6.07, 6.45) is 5.76. The van der Waals surface area contributed by atoms with Gasteiger partial charge in [-0.3, -0.25) is 15.6 Å². The number of amides is 1.